The van der Waals surface area contributed by atoms with Crippen LogP contribution in [0.25, 0.3) is 5.57 Å². The zero-order valence-electron chi connectivity index (χ0n) is 12.4. The van der Waals surface area contributed by atoms with Crippen molar-refractivity contribution in [3.63, 3.8) is 0 Å². The van der Waals surface area contributed by atoms with Crippen LogP contribution in [0.1, 0.15) is 18.4 Å². The number of benzene rings is 1. The van der Waals surface area contributed by atoms with Gasteiger partial charge in [0.15, 0.2) is 0 Å². The molecule has 0 saturated heterocycles. The zero-order valence-corrected chi connectivity index (χ0v) is 12.4. The second-order valence-electron chi connectivity index (χ2n) is 5.69. The molecule has 2 atom stereocenters. The van der Waals surface area contributed by atoms with Gasteiger partial charge in [0.25, 0.3) is 0 Å². The summed E-state index contributed by atoms with van der Waals surface area (Å²) in [6.07, 6.45) is 3.19. The molecule has 1 fully saturated rings. The van der Waals surface area contributed by atoms with Crippen LogP contribution in [0.4, 0.5) is 0 Å². The number of methoxy groups -OCH3 is 1. The number of hydrogen-bond donors (Lipinski definition) is 0. The van der Waals surface area contributed by atoms with Crippen LogP contribution in [0.3, 0.4) is 0 Å². The Hall–Kier alpha value is -2.37. The minimum absolute atomic E-state index is 0.0771. The SMILES string of the molecule is COc1ccc(C2=CCN(C(=O)[C@H]3C[C@H]3[N+](=O)[O-])CC2)cc1. The van der Waals surface area contributed by atoms with Crippen molar-refractivity contribution in [2.75, 3.05) is 20.2 Å². The molecule has 1 aliphatic heterocycles. The van der Waals surface area contributed by atoms with Crippen molar-refractivity contribution < 1.29 is 14.5 Å². The molecular formula is C16H18N2O4. The standard InChI is InChI=1S/C16H18N2O4/c1-22-13-4-2-11(3-5-13)12-6-8-17(9-7-12)16(19)14-10-15(14)18(20)21/h2-6,14-15H,7-10H2,1H3/t14-,15+/m0/s1. The number of amides is 1. The third-order valence-corrected chi connectivity index (χ3v) is 4.33. The average Bonchev–Trinajstić information content (AvgIpc) is 3.35. The largest absolute Gasteiger partial charge is 0.497 e. The molecule has 0 radical (unpaired) electrons. The first-order valence-electron chi connectivity index (χ1n) is 7.36. The van der Waals surface area contributed by atoms with Crippen LogP contribution in [-0.4, -0.2) is 42.0 Å². The molecular weight excluding hydrogens is 284 g/mol. The molecule has 6 nitrogen and oxygen atoms in total. The number of hydrogen-bond acceptors (Lipinski definition) is 4. The van der Waals surface area contributed by atoms with E-state index in [1.54, 1.807) is 12.0 Å². The lowest BCUT2D eigenvalue weighted by Crippen LogP contribution is -2.36. The van der Waals surface area contributed by atoms with E-state index in [1.807, 2.05) is 30.3 Å². The fraction of sp³-hybridized carbons (Fsp3) is 0.438. The molecule has 0 aromatic heterocycles. The summed E-state index contributed by atoms with van der Waals surface area (Å²) < 4.78 is 5.14. The average molecular weight is 302 g/mol. The molecule has 1 aromatic rings. The predicted molar refractivity (Wildman–Crippen MR) is 81.1 cm³/mol. The summed E-state index contributed by atoms with van der Waals surface area (Å²) in [6, 6.07) is 7.18. The van der Waals surface area contributed by atoms with Crippen molar-refractivity contribution >= 4 is 11.5 Å². The van der Waals surface area contributed by atoms with Crippen molar-refractivity contribution in [3.8, 4) is 5.75 Å². The Labute approximate surface area is 128 Å². The summed E-state index contributed by atoms with van der Waals surface area (Å²) in [5, 5.41) is 10.7. The molecule has 1 aliphatic carbocycles. The first-order chi connectivity index (χ1) is 10.6. The number of nitrogens with zero attached hydrogens (tertiary/aromatic N) is 2. The first-order valence-corrected chi connectivity index (χ1v) is 7.36. The van der Waals surface area contributed by atoms with Gasteiger partial charge in [-0.15, -0.1) is 0 Å². The van der Waals surface area contributed by atoms with Crippen LogP contribution in [0.2, 0.25) is 0 Å². The molecule has 1 amide bonds. The van der Waals surface area contributed by atoms with Crippen molar-refractivity contribution in [1.29, 1.82) is 0 Å². The molecule has 116 valence electrons. The second kappa shape index (κ2) is 5.79. The monoisotopic (exact) mass is 302 g/mol. The van der Waals surface area contributed by atoms with Crippen molar-refractivity contribution in [2.45, 2.75) is 18.9 Å². The normalized spacial score (nSPS) is 23.7. The van der Waals surface area contributed by atoms with Gasteiger partial charge in [-0.25, -0.2) is 0 Å². The third kappa shape index (κ3) is 2.81. The van der Waals surface area contributed by atoms with Gasteiger partial charge < -0.3 is 9.64 Å². The summed E-state index contributed by atoms with van der Waals surface area (Å²) in [7, 11) is 1.63. The van der Waals surface area contributed by atoms with Gasteiger partial charge in [-0.2, -0.15) is 0 Å². The van der Waals surface area contributed by atoms with E-state index in [0.717, 1.165) is 17.7 Å². The van der Waals surface area contributed by atoms with Crippen LogP contribution >= 0.6 is 0 Å². The molecule has 1 aromatic carbocycles. The minimum Gasteiger partial charge on any atom is -0.497 e. The summed E-state index contributed by atoms with van der Waals surface area (Å²) in [5.74, 6) is 0.328. The van der Waals surface area contributed by atoms with Crippen molar-refractivity contribution in [1.82, 2.24) is 4.90 Å². The summed E-state index contributed by atoms with van der Waals surface area (Å²) in [4.78, 5) is 24.2. The topological polar surface area (TPSA) is 72.7 Å². The second-order valence-corrected chi connectivity index (χ2v) is 5.69. The molecule has 0 spiro atoms. The Morgan fingerprint density at radius 2 is 2.09 bits per heavy atom. The highest BCUT2D eigenvalue weighted by Crippen LogP contribution is 2.35. The van der Waals surface area contributed by atoms with E-state index in [1.165, 1.54) is 5.57 Å². The lowest BCUT2D eigenvalue weighted by atomic mass is 9.99. The van der Waals surface area contributed by atoms with Crippen molar-refractivity contribution in [2.24, 2.45) is 5.92 Å². The quantitative estimate of drug-likeness (QED) is 0.629. The lowest BCUT2D eigenvalue weighted by Gasteiger charge is -2.26. The zero-order chi connectivity index (χ0) is 15.7. The molecule has 0 unspecified atom stereocenters. The van der Waals surface area contributed by atoms with Crippen LogP contribution in [0, 0.1) is 16.0 Å². The summed E-state index contributed by atoms with van der Waals surface area (Å²) >= 11 is 0. The van der Waals surface area contributed by atoms with Gasteiger partial charge in [-0.05, 0) is 29.7 Å². The summed E-state index contributed by atoms with van der Waals surface area (Å²) in [5.41, 5.74) is 2.33. The molecule has 22 heavy (non-hydrogen) atoms. The fourth-order valence-electron chi connectivity index (χ4n) is 2.85. The Bertz CT molecular complexity index is 624. The molecule has 0 bridgehead atoms. The highest BCUT2D eigenvalue weighted by atomic mass is 16.6. The number of rotatable bonds is 4. The number of carbonyl (C=O) groups is 1. The first kappa shape index (κ1) is 14.6. The molecule has 6 heteroatoms. The van der Waals surface area contributed by atoms with E-state index in [-0.39, 0.29) is 10.8 Å². The number of ether oxygens (including phenoxy) is 1. The van der Waals surface area contributed by atoms with Gasteiger partial charge in [-0.3, -0.25) is 14.9 Å². The maximum absolute atomic E-state index is 12.2. The van der Waals surface area contributed by atoms with Gasteiger partial charge in [0.1, 0.15) is 11.7 Å². The van der Waals surface area contributed by atoms with Gasteiger partial charge in [0.05, 0.1) is 7.11 Å². The van der Waals surface area contributed by atoms with Crippen LogP contribution in [-0.2, 0) is 4.79 Å². The van der Waals surface area contributed by atoms with E-state index in [2.05, 4.69) is 0 Å². The van der Waals surface area contributed by atoms with E-state index >= 15 is 0 Å². The van der Waals surface area contributed by atoms with E-state index in [0.29, 0.717) is 19.5 Å². The third-order valence-electron chi connectivity index (χ3n) is 4.33. The Balaban J connectivity index is 1.62. The Kier molecular flexibility index (Phi) is 3.83. The molecule has 1 heterocycles. The van der Waals surface area contributed by atoms with Crippen LogP contribution < -0.4 is 4.74 Å². The van der Waals surface area contributed by atoms with Gasteiger partial charge >= 0.3 is 0 Å². The van der Waals surface area contributed by atoms with E-state index in [4.69, 9.17) is 4.74 Å². The Morgan fingerprint density at radius 3 is 2.59 bits per heavy atom. The van der Waals surface area contributed by atoms with Crippen LogP contribution in [0.15, 0.2) is 30.3 Å². The number of nitro groups is 1. The van der Waals surface area contributed by atoms with Crippen LogP contribution in [0.5, 0.6) is 5.75 Å². The molecule has 0 N–H and O–H groups in total. The van der Waals surface area contributed by atoms with Crippen molar-refractivity contribution in [3.05, 3.63) is 46.0 Å². The summed E-state index contributed by atoms with van der Waals surface area (Å²) in [6.45, 7) is 1.15. The molecule has 3 rings (SSSR count). The van der Waals surface area contributed by atoms with Gasteiger partial charge in [0, 0.05) is 24.4 Å². The van der Waals surface area contributed by atoms with Gasteiger partial charge in [-0.1, -0.05) is 18.2 Å². The minimum atomic E-state index is -0.667. The maximum Gasteiger partial charge on any atom is 0.233 e. The lowest BCUT2D eigenvalue weighted by molar-refractivity contribution is -0.497. The van der Waals surface area contributed by atoms with E-state index < -0.39 is 12.0 Å². The highest BCUT2D eigenvalue weighted by Gasteiger charge is 2.54. The predicted octanol–water partition coefficient (Wildman–Crippen LogP) is 1.98. The fourth-order valence-corrected chi connectivity index (χ4v) is 2.85. The van der Waals surface area contributed by atoms with Gasteiger partial charge in [0.2, 0.25) is 11.9 Å². The smallest absolute Gasteiger partial charge is 0.233 e. The maximum atomic E-state index is 12.2. The number of carbonyl (C=O) groups excluding carboxylic acids is 1. The Morgan fingerprint density at radius 1 is 1.36 bits per heavy atom. The molecule has 2 aliphatic rings. The highest BCUT2D eigenvalue weighted by molar-refractivity contribution is 5.83. The molecule has 1 saturated carbocycles. The van der Waals surface area contributed by atoms with E-state index in [9.17, 15) is 14.9 Å².